The molecule has 3 nitrogen and oxygen atoms in total. The van der Waals surface area contributed by atoms with Gasteiger partial charge in [0.1, 0.15) is 5.75 Å². The van der Waals surface area contributed by atoms with Crippen LogP contribution in [0.2, 0.25) is 0 Å². The molecule has 0 bridgehead atoms. The van der Waals surface area contributed by atoms with Gasteiger partial charge in [-0.3, -0.25) is 4.79 Å². The molecule has 0 unspecified atom stereocenters. The summed E-state index contributed by atoms with van der Waals surface area (Å²) < 4.78 is 5.70. The third kappa shape index (κ3) is 4.26. The Morgan fingerprint density at radius 2 is 2.00 bits per heavy atom. The van der Waals surface area contributed by atoms with Gasteiger partial charge in [0.25, 0.3) is 0 Å². The lowest BCUT2D eigenvalue weighted by Gasteiger charge is -2.10. The summed E-state index contributed by atoms with van der Waals surface area (Å²) in [4.78, 5) is 12.6. The molecule has 0 atom stereocenters. The van der Waals surface area contributed by atoms with Gasteiger partial charge in [0.15, 0.2) is 5.78 Å². The largest absolute Gasteiger partial charge is 0.492 e. The Morgan fingerprint density at radius 3 is 2.71 bits per heavy atom. The zero-order chi connectivity index (χ0) is 15.2. The van der Waals surface area contributed by atoms with Gasteiger partial charge in [-0.2, -0.15) is 0 Å². The fraction of sp³-hybridized carbons (Fsp3) is 0.235. The lowest BCUT2D eigenvalue weighted by molar-refractivity contribution is 0.101. The number of rotatable bonds is 6. The summed E-state index contributed by atoms with van der Waals surface area (Å²) in [6.07, 6.45) is 0. The molecule has 0 saturated carbocycles. The van der Waals surface area contributed by atoms with Gasteiger partial charge in [-0.15, -0.1) is 11.8 Å². The van der Waals surface area contributed by atoms with Crippen molar-refractivity contribution in [2.45, 2.75) is 18.7 Å². The number of hydrogen-bond donors (Lipinski definition) is 1. The molecule has 0 spiro atoms. The van der Waals surface area contributed by atoms with Crippen molar-refractivity contribution in [2.75, 3.05) is 18.1 Å². The number of carbonyl (C=O) groups excluding carboxylic acids is 1. The molecule has 0 fully saturated rings. The topological polar surface area (TPSA) is 52.3 Å². The van der Waals surface area contributed by atoms with E-state index in [2.05, 4.69) is 0 Å². The second-order valence-corrected chi connectivity index (χ2v) is 5.93. The summed E-state index contributed by atoms with van der Waals surface area (Å²) in [5.74, 6) is 1.43. The van der Waals surface area contributed by atoms with Crippen LogP contribution in [-0.4, -0.2) is 18.1 Å². The molecule has 110 valence electrons. The van der Waals surface area contributed by atoms with E-state index in [1.54, 1.807) is 24.8 Å². The lowest BCUT2D eigenvalue weighted by atomic mass is 10.1. The number of aryl methyl sites for hydroxylation is 1. The Kier molecular flexibility index (Phi) is 5.28. The molecule has 2 rings (SSSR count). The smallest absolute Gasteiger partial charge is 0.163 e. The predicted octanol–water partition coefficient (Wildman–Crippen LogP) is 3.95. The van der Waals surface area contributed by atoms with Crippen LogP contribution in [0.15, 0.2) is 47.4 Å². The van der Waals surface area contributed by atoms with Crippen molar-refractivity contribution in [3.63, 3.8) is 0 Å². The van der Waals surface area contributed by atoms with E-state index in [9.17, 15) is 4.79 Å². The van der Waals surface area contributed by atoms with E-state index in [0.29, 0.717) is 17.9 Å². The van der Waals surface area contributed by atoms with Crippen LogP contribution < -0.4 is 10.5 Å². The number of carbonyl (C=O) groups is 1. The van der Waals surface area contributed by atoms with Crippen molar-refractivity contribution in [3.8, 4) is 5.75 Å². The van der Waals surface area contributed by atoms with Crippen LogP contribution in [-0.2, 0) is 0 Å². The van der Waals surface area contributed by atoms with Crippen LogP contribution >= 0.6 is 11.8 Å². The van der Waals surface area contributed by atoms with Crippen molar-refractivity contribution in [1.29, 1.82) is 0 Å². The van der Waals surface area contributed by atoms with Gasteiger partial charge in [-0.05, 0) is 43.7 Å². The number of Topliss-reactive ketones (excluding diaryl/α,β-unsaturated/α-hetero) is 1. The summed E-state index contributed by atoms with van der Waals surface area (Å²) in [6, 6.07) is 13.3. The molecule has 0 aromatic heterocycles. The predicted molar refractivity (Wildman–Crippen MR) is 88.3 cm³/mol. The maximum atomic E-state index is 11.5. The van der Waals surface area contributed by atoms with Gasteiger partial charge < -0.3 is 10.5 Å². The summed E-state index contributed by atoms with van der Waals surface area (Å²) in [6.45, 7) is 4.10. The molecular weight excluding hydrogens is 282 g/mol. The number of hydrogen-bond acceptors (Lipinski definition) is 4. The second kappa shape index (κ2) is 7.18. The Hall–Kier alpha value is -1.94. The number of benzene rings is 2. The van der Waals surface area contributed by atoms with Crippen molar-refractivity contribution in [2.24, 2.45) is 0 Å². The van der Waals surface area contributed by atoms with Gasteiger partial charge in [0.05, 0.1) is 12.2 Å². The average molecular weight is 301 g/mol. The first-order chi connectivity index (χ1) is 10.1. The highest BCUT2D eigenvalue weighted by Gasteiger charge is 2.07. The molecule has 0 saturated heterocycles. The van der Waals surface area contributed by atoms with E-state index in [4.69, 9.17) is 10.5 Å². The van der Waals surface area contributed by atoms with Crippen molar-refractivity contribution in [3.05, 3.63) is 53.6 Å². The van der Waals surface area contributed by atoms with Crippen LogP contribution in [0.5, 0.6) is 5.75 Å². The molecule has 0 aliphatic carbocycles. The zero-order valence-corrected chi connectivity index (χ0v) is 13.1. The maximum absolute atomic E-state index is 11.5. The Morgan fingerprint density at radius 1 is 1.24 bits per heavy atom. The zero-order valence-electron chi connectivity index (χ0n) is 12.3. The Balaban J connectivity index is 1.89. The molecule has 2 aromatic rings. The van der Waals surface area contributed by atoms with Gasteiger partial charge in [0, 0.05) is 16.3 Å². The second-order valence-electron chi connectivity index (χ2n) is 4.79. The molecule has 0 aliphatic heterocycles. The van der Waals surface area contributed by atoms with E-state index in [-0.39, 0.29) is 5.78 Å². The first kappa shape index (κ1) is 15.4. The summed E-state index contributed by atoms with van der Waals surface area (Å²) in [7, 11) is 0. The quantitative estimate of drug-likeness (QED) is 0.380. The minimum Gasteiger partial charge on any atom is -0.492 e. The molecule has 2 N–H and O–H groups in total. The first-order valence-corrected chi connectivity index (χ1v) is 7.78. The normalized spacial score (nSPS) is 10.4. The van der Waals surface area contributed by atoms with Crippen LogP contribution in [0.1, 0.15) is 22.8 Å². The Labute approximate surface area is 129 Å². The van der Waals surface area contributed by atoms with Crippen LogP contribution in [0, 0.1) is 6.92 Å². The van der Waals surface area contributed by atoms with Crippen LogP contribution in [0.3, 0.4) is 0 Å². The van der Waals surface area contributed by atoms with Crippen molar-refractivity contribution >= 4 is 23.2 Å². The molecular formula is C17H19NO2S. The molecule has 0 heterocycles. The molecule has 4 heteroatoms. The monoisotopic (exact) mass is 301 g/mol. The number of thioether (sulfide) groups is 1. The number of ketones is 1. The summed E-state index contributed by atoms with van der Waals surface area (Å²) in [5, 5.41) is 0. The highest BCUT2D eigenvalue weighted by atomic mass is 32.2. The minimum atomic E-state index is 0.0148. The van der Waals surface area contributed by atoms with E-state index in [1.807, 2.05) is 43.3 Å². The fourth-order valence-corrected chi connectivity index (χ4v) is 2.76. The number of para-hydroxylation sites is 1. The van der Waals surface area contributed by atoms with E-state index < -0.39 is 0 Å². The number of ether oxygens (including phenoxy) is 1. The maximum Gasteiger partial charge on any atom is 0.163 e. The summed E-state index contributed by atoms with van der Waals surface area (Å²) >= 11 is 1.65. The van der Waals surface area contributed by atoms with Crippen molar-refractivity contribution < 1.29 is 9.53 Å². The first-order valence-electron chi connectivity index (χ1n) is 6.79. The number of nitrogen functional groups attached to an aromatic ring is 1. The number of anilines is 1. The molecule has 0 radical (unpaired) electrons. The summed E-state index contributed by atoms with van der Waals surface area (Å²) in [5.41, 5.74) is 8.55. The van der Waals surface area contributed by atoms with Crippen LogP contribution in [0.25, 0.3) is 0 Å². The molecule has 2 aromatic carbocycles. The molecule has 21 heavy (non-hydrogen) atoms. The van der Waals surface area contributed by atoms with Crippen LogP contribution in [0.4, 0.5) is 5.69 Å². The van der Waals surface area contributed by atoms with E-state index >= 15 is 0 Å². The SMILES string of the molecule is CC(=O)c1ccccc1OCCSc1ccc(C)cc1N. The van der Waals surface area contributed by atoms with Gasteiger partial charge >= 0.3 is 0 Å². The number of nitrogens with two attached hydrogens (primary N) is 1. The Bertz CT molecular complexity index is 640. The van der Waals surface area contributed by atoms with Gasteiger partial charge in [-0.25, -0.2) is 0 Å². The third-order valence-electron chi connectivity index (χ3n) is 3.03. The minimum absolute atomic E-state index is 0.0148. The third-order valence-corrected chi connectivity index (χ3v) is 4.08. The molecule has 0 aliphatic rings. The standard InChI is InChI=1S/C17H19NO2S/c1-12-7-8-17(15(18)11-12)21-10-9-20-16-6-4-3-5-14(16)13(2)19/h3-8,11H,9-10,18H2,1-2H3. The highest BCUT2D eigenvalue weighted by molar-refractivity contribution is 7.99. The molecule has 0 amide bonds. The van der Waals surface area contributed by atoms with Gasteiger partial charge in [0.2, 0.25) is 0 Å². The van der Waals surface area contributed by atoms with Gasteiger partial charge in [-0.1, -0.05) is 18.2 Å². The van der Waals surface area contributed by atoms with E-state index in [1.165, 1.54) is 0 Å². The average Bonchev–Trinajstić information content (AvgIpc) is 2.45. The van der Waals surface area contributed by atoms with Crippen molar-refractivity contribution in [1.82, 2.24) is 0 Å². The highest BCUT2D eigenvalue weighted by Crippen LogP contribution is 2.26. The lowest BCUT2D eigenvalue weighted by Crippen LogP contribution is -2.04. The fourth-order valence-electron chi connectivity index (χ4n) is 1.99. The van der Waals surface area contributed by atoms with E-state index in [0.717, 1.165) is 21.9 Å².